The van der Waals surface area contributed by atoms with Crippen molar-refractivity contribution in [3.8, 4) is 0 Å². The SMILES string of the molecule is CN(C1CCCN(c2nc3ccccc3n2C)C1)S(C)(=O)=O. The van der Waals surface area contributed by atoms with E-state index in [2.05, 4.69) is 15.5 Å². The number of aryl methyl sites for hydroxylation is 1. The van der Waals surface area contributed by atoms with Crippen molar-refractivity contribution in [1.82, 2.24) is 13.9 Å². The molecule has 0 N–H and O–H groups in total. The molecule has 1 aromatic heterocycles. The zero-order valence-electron chi connectivity index (χ0n) is 13.2. The van der Waals surface area contributed by atoms with Gasteiger partial charge in [0, 0.05) is 33.2 Å². The number of fused-ring (bicyclic) bond motifs is 1. The van der Waals surface area contributed by atoms with Crippen LogP contribution in [0.2, 0.25) is 0 Å². The summed E-state index contributed by atoms with van der Waals surface area (Å²) in [6.45, 7) is 1.59. The lowest BCUT2D eigenvalue weighted by molar-refractivity contribution is 0.320. The van der Waals surface area contributed by atoms with Gasteiger partial charge in [-0.15, -0.1) is 0 Å². The van der Waals surface area contributed by atoms with Crippen LogP contribution in [0.5, 0.6) is 0 Å². The van der Waals surface area contributed by atoms with E-state index in [1.165, 1.54) is 10.6 Å². The van der Waals surface area contributed by atoms with Crippen molar-refractivity contribution in [1.29, 1.82) is 0 Å². The molecular formula is C15H22N4O2S. The first-order chi connectivity index (χ1) is 10.4. The lowest BCUT2D eigenvalue weighted by atomic mass is 10.1. The van der Waals surface area contributed by atoms with Crippen molar-refractivity contribution in [2.24, 2.45) is 7.05 Å². The number of hydrogen-bond acceptors (Lipinski definition) is 4. The van der Waals surface area contributed by atoms with E-state index in [9.17, 15) is 8.42 Å². The Morgan fingerprint density at radius 3 is 2.73 bits per heavy atom. The van der Waals surface area contributed by atoms with Crippen molar-refractivity contribution in [2.75, 3.05) is 31.3 Å². The molecule has 1 fully saturated rings. The largest absolute Gasteiger partial charge is 0.341 e. The molecule has 1 atom stereocenters. The van der Waals surface area contributed by atoms with Gasteiger partial charge in [0.1, 0.15) is 0 Å². The number of likely N-dealkylation sites (N-methyl/N-ethyl adjacent to an activating group) is 1. The minimum absolute atomic E-state index is 0.00330. The second kappa shape index (κ2) is 5.55. The lowest BCUT2D eigenvalue weighted by Gasteiger charge is -2.37. The average Bonchev–Trinajstić information content (AvgIpc) is 2.83. The maximum Gasteiger partial charge on any atom is 0.211 e. The van der Waals surface area contributed by atoms with E-state index < -0.39 is 10.0 Å². The fourth-order valence-corrected chi connectivity index (χ4v) is 3.83. The number of benzene rings is 1. The van der Waals surface area contributed by atoms with Gasteiger partial charge in [-0.1, -0.05) is 12.1 Å². The monoisotopic (exact) mass is 322 g/mol. The van der Waals surface area contributed by atoms with Crippen LogP contribution >= 0.6 is 0 Å². The summed E-state index contributed by atoms with van der Waals surface area (Å²) in [5.74, 6) is 0.910. The fraction of sp³-hybridized carbons (Fsp3) is 0.533. The molecule has 120 valence electrons. The van der Waals surface area contributed by atoms with Crippen molar-refractivity contribution >= 4 is 27.0 Å². The van der Waals surface area contributed by atoms with Crippen LogP contribution in [0.3, 0.4) is 0 Å². The molecule has 0 saturated carbocycles. The number of nitrogens with zero attached hydrogens (tertiary/aromatic N) is 4. The Labute approximate surface area is 131 Å². The lowest BCUT2D eigenvalue weighted by Crippen LogP contribution is -2.48. The van der Waals surface area contributed by atoms with Gasteiger partial charge in [0.05, 0.1) is 17.3 Å². The molecule has 1 unspecified atom stereocenters. The van der Waals surface area contributed by atoms with Crippen LogP contribution in [-0.4, -0.2) is 54.7 Å². The predicted octanol–water partition coefficient (Wildman–Crippen LogP) is 1.43. The summed E-state index contributed by atoms with van der Waals surface area (Å²) < 4.78 is 27.1. The molecule has 7 heteroatoms. The van der Waals surface area contributed by atoms with Gasteiger partial charge in [0.15, 0.2) is 0 Å². The minimum Gasteiger partial charge on any atom is -0.341 e. The van der Waals surface area contributed by atoms with Crippen molar-refractivity contribution < 1.29 is 8.42 Å². The normalized spacial score (nSPS) is 20.0. The van der Waals surface area contributed by atoms with E-state index in [0.29, 0.717) is 6.54 Å². The molecule has 0 aliphatic carbocycles. The van der Waals surface area contributed by atoms with Crippen LogP contribution in [-0.2, 0) is 17.1 Å². The molecule has 1 aromatic carbocycles. The van der Waals surface area contributed by atoms with E-state index in [1.807, 2.05) is 25.2 Å². The summed E-state index contributed by atoms with van der Waals surface area (Å²) in [5, 5.41) is 0. The third kappa shape index (κ3) is 2.70. The molecule has 1 aliphatic heterocycles. The van der Waals surface area contributed by atoms with Gasteiger partial charge in [-0.3, -0.25) is 0 Å². The summed E-state index contributed by atoms with van der Waals surface area (Å²) in [4.78, 5) is 6.90. The van der Waals surface area contributed by atoms with Crippen LogP contribution in [0.4, 0.5) is 5.95 Å². The van der Waals surface area contributed by atoms with E-state index >= 15 is 0 Å². The molecule has 2 aromatic rings. The average molecular weight is 322 g/mol. The zero-order chi connectivity index (χ0) is 15.9. The highest BCUT2D eigenvalue weighted by molar-refractivity contribution is 7.88. The zero-order valence-corrected chi connectivity index (χ0v) is 14.0. The van der Waals surface area contributed by atoms with Crippen LogP contribution in [0.1, 0.15) is 12.8 Å². The first kappa shape index (κ1) is 15.3. The smallest absolute Gasteiger partial charge is 0.211 e. The van der Waals surface area contributed by atoms with Gasteiger partial charge in [0.2, 0.25) is 16.0 Å². The van der Waals surface area contributed by atoms with Gasteiger partial charge in [-0.2, -0.15) is 0 Å². The second-order valence-electron chi connectivity index (χ2n) is 5.98. The van der Waals surface area contributed by atoms with Gasteiger partial charge in [-0.05, 0) is 25.0 Å². The summed E-state index contributed by atoms with van der Waals surface area (Å²) >= 11 is 0. The van der Waals surface area contributed by atoms with Gasteiger partial charge in [0.25, 0.3) is 0 Å². The topological polar surface area (TPSA) is 58.4 Å². The number of anilines is 1. The Bertz CT molecular complexity index is 784. The molecule has 22 heavy (non-hydrogen) atoms. The quantitative estimate of drug-likeness (QED) is 0.858. The summed E-state index contributed by atoms with van der Waals surface area (Å²) in [6.07, 6.45) is 3.12. The number of piperidine rings is 1. The number of rotatable bonds is 3. The Hall–Kier alpha value is -1.60. The molecule has 0 spiro atoms. The molecule has 3 rings (SSSR count). The maximum absolute atomic E-state index is 11.8. The van der Waals surface area contributed by atoms with Crippen LogP contribution in [0.25, 0.3) is 11.0 Å². The Morgan fingerprint density at radius 2 is 2.05 bits per heavy atom. The van der Waals surface area contributed by atoms with Crippen molar-refractivity contribution in [2.45, 2.75) is 18.9 Å². The summed E-state index contributed by atoms with van der Waals surface area (Å²) in [7, 11) is 0.510. The fourth-order valence-electron chi connectivity index (χ4n) is 3.12. The number of para-hydroxylation sites is 2. The molecule has 2 heterocycles. The van der Waals surface area contributed by atoms with Gasteiger partial charge in [-0.25, -0.2) is 17.7 Å². The number of sulfonamides is 1. The Balaban J connectivity index is 1.89. The highest BCUT2D eigenvalue weighted by Gasteiger charge is 2.29. The van der Waals surface area contributed by atoms with E-state index in [1.54, 1.807) is 7.05 Å². The minimum atomic E-state index is -3.16. The summed E-state index contributed by atoms with van der Waals surface area (Å²) in [6, 6.07) is 8.04. The number of imidazole rings is 1. The molecule has 0 radical (unpaired) electrons. The third-order valence-corrected chi connectivity index (χ3v) is 5.82. The number of aromatic nitrogens is 2. The highest BCUT2D eigenvalue weighted by Crippen LogP contribution is 2.25. The van der Waals surface area contributed by atoms with Gasteiger partial charge >= 0.3 is 0 Å². The van der Waals surface area contributed by atoms with E-state index in [4.69, 9.17) is 4.98 Å². The Kier molecular flexibility index (Phi) is 3.86. The van der Waals surface area contributed by atoms with E-state index in [0.717, 1.165) is 36.4 Å². The first-order valence-electron chi connectivity index (χ1n) is 7.47. The molecule has 1 saturated heterocycles. The predicted molar refractivity (Wildman–Crippen MR) is 88.6 cm³/mol. The molecule has 0 amide bonds. The number of hydrogen-bond donors (Lipinski definition) is 0. The third-order valence-electron chi connectivity index (χ3n) is 4.48. The molecule has 1 aliphatic rings. The first-order valence-corrected chi connectivity index (χ1v) is 9.32. The van der Waals surface area contributed by atoms with Crippen molar-refractivity contribution in [3.63, 3.8) is 0 Å². The molecule has 0 bridgehead atoms. The van der Waals surface area contributed by atoms with Gasteiger partial charge < -0.3 is 9.47 Å². The molecular weight excluding hydrogens is 300 g/mol. The van der Waals surface area contributed by atoms with Crippen LogP contribution < -0.4 is 4.90 Å². The molecule has 6 nitrogen and oxygen atoms in total. The van der Waals surface area contributed by atoms with Crippen molar-refractivity contribution in [3.05, 3.63) is 24.3 Å². The van der Waals surface area contributed by atoms with E-state index in [-0.39, 0.29) is 6.04 Å². The summed E-state index contributed by atoms with van der Waals surface area (Å²) in [5.41, 5.74) is 2.06. The standard InChI is InChI=1S/C15H22N4O2S/c1-17-14-9-5-4-8-13(14)16-15(17)19-10-6-7-12(11-19)18(2)22(3,20)21/h4-5,8-9,12H,6-7,10-11H2,1-3H3. The van der Waals surface area contributed by atoms with Crippen LogP contribution in [0, 0.1) is 0 Å². The highest BCUT2D eigenvalue weighted by atomic mass is 32.2. The second-order valence-corrected chi connectivity index (χ2v) is 8.02. The maximum atomic E-state index is 11.8. The van der Waals surface area contributed by atoms with Crippen LogP contribution in [0.15, 0.2) is 24.3 Å². The Morgan fingerprint density at radius 1 is 1.32 bits per heavy atom.